The number of methoxy groups -OCH3 is 1. The highest BCUT2D eigenvalue weighted by atomic mass is 35.5. The lowest BCUT2D eigenvalue weighted by atomic mass is 10.1. The maximum atomic E-state index is 13.7. The van der Waals surface area contributed by atoms with Gasteiger partial charge >= 0.3 is 5.69 Å². The number of ether oxygens (including phenoxy) is 1. The molecular formula is C22H23ClFN3O4. The summed E-state index contributed by atoms with van der Waals surface area (Å²) >= 11 is 5.89. The zero-order chi connectivity index (χ0) is 22.7. The molecule has 0 aliphatic rings. The molecule has 0 radical (unpaired) electrons. The Morgan fingerprint density at radius 2 is 1.97 bits per heavy atom. The topological polar surface area (TPSA) is 82.3 Å². The quantitative estimate of drug-likeness (QED) is 0.564. The van der Waals surface area contributed by atoms with Crippen molar-refractivity contribution in [1.29, 1.82) is 0 Å². The van der Waals surface area contributed by atoms with E-state index in [-0.39, 0.29) is 28.5 Å². The fourth-order valence-corrected chi connectivity index (χ4v) is 3.66. The number of halogens is 2. The van der Waals surface area contributed by atoms with E-state index in [4.69, 9.17) is 16.3 Å². The maximum absolute atomic E-state index is 13.7. The van der Waals surface area contributed by atoms with Crippen LogP contribution in [0.3, 0.4) is 0 Å². The molecule has 3 rings (SSSR count). The first-order valence-electron chi connectivity index (χ1n) is 9.80. The van der Waals surface area contributed by atoms with Gasteiger partial charge in [0.2, 0.25) is 5.91 Å². The van der Waals surface area contributed by atoms with Crippen molar-refractivity contribution in [2.75, 3.05) is 20.3 Å². The van der Waals surface area contributed by atoms with Crippen molar-refractivity contribution in [2.24, 2.45) is 0 Å². The van der Waals surface area contributed by atoms with Crippen LogP contribution in [0.1, 0.15) is 24.9 Å². The Balaban J connectivity index is 2.32. The first-order valence-corrected chi connectivity index (χ1v) is 10.2. The molecule has 1 atom stereocenters. The monoisotopic (exact) mass is 447 g/mol. The zero-order valence-electron chi connectivity index (χ0n) is 17.4. The smallest absolute Gasteiger partial charge is 0.336 e. The molecule has 0 bridgehead atoms. The molecule has 9 heteroatoms. The number of aryl methyl sites for hydroxylation is 1. The summed E-state index contributed by atoms with van der Waals surface area (Å²) in [6, 6.07) is 7.82. The average molecular weight is 448 g/mol. The Morgan fingerprint density at radius 1 is 1.23 bits per heavy atom. The van der Waals surface area contributed by atoms with E-state index in [1.807, 2.05) is 6.92 Å². The number of hydrogen-bond acceptors (Lipinski definition) is 4. The van der Waals surface area contributed by atoms with E-state index in [2.05, 4.69) is 5.32 Å². The number of amides is 1. The molecule has 0 fully saturated rings. The average Bonchev–Trinajstić information content (AvgIpc) is 2.74. The largest absolute Gasteiger partial charge is 0.383 e. The van der Waals surface area contributed by atoms with Gasteiger partial charge in [0.1, 0.15) is 11.9 Å². The second kappa shape index (κ2) is 9.45. The van der Waals surface area contributed by atoms with Crippen molar-refractivity contribution in [3.05, 3.63) is 73.6 Å². The van der Waals surface area contributed by atoms with E-state index in [0.29, 0.717) is 18.5 Å². The number of nitrogens with zero attached hydrogens (tertiary/aromatic N) is 2. The van der Waals surface area contributed by atoms with Crippen molar-refractivity contribution < 1.29 is 13.9 Å². The summed E-state index contributed by atoms with van der Waals surface area (Å²) in [4.78, 5) is 39.6. The predicted octanol–water partition coefficient (Wildman–Crippen LogP) is 2.97. The van der Waals surface area contributed by atoms with Gasteiger partial charge in [-0.05, 0) is 43.7 Å². The first kappa shape index (κ1) is 22.7. The van der Waals surface area contributed by atoms with Crippen LogP contribution in [0, 0.1) is 12.7 Å². The lowest BCUT2D eigenvalue weighted by Crippen LogP contribution is -2.44. The number of hydrogen-bond donors (Lipinski definition) is 1. The summed E-state index contributed by atoms with van der Waals surface area (Å²) in [7, 11) is 1.52. The van der Waals surface area contributed by atoms with Crippen molar-refractivity contribution in [3.63, 3.8) is 0 Å². The molecule has 1 heterocycles. The highest BCUT2D eigenvalue weighted by Gasteiger charge is 2.25. The molecule has 0 aliphatic heterocycles. The lowest BCUT2D eigenvalue weighted by molar-refractivity contribution is -0.124. The van der Waals surface area contributed by atoms with Gasteiger partial charge in [-0.3, -0.25) is 14.2 Å². The fraction of sp³-hybridized carbons (Fsp3) is 0.318. The van der Waals surface area contributed by atoms with Crippen LogP contribution in [0.15, 0.2) is 46.0 Å². The number of carbonyl (C=O) groups excluding carboxylic acids is 1. The van der Waals surface area contributed by atoms with Crippen LogP contribution in [0.2, 0.25) is 5.02 Å². The van der Waals surface area contributed by atoms with E-state index >= 15 is 0 Å². The highest BCUT2D eigenvalue weighted by molar-refractivity contribution is 6.30. The number of benzene rings is 2. The Hall–Kier alpha value is -2.97. The number of nitrogens with one attached hydrogen (secondary N) is 1. The van der Waals surface area contributed by atoms with Crippen molar-refractivity contribution in [1.82, 2.24) is 14.5 Å². The molecule has 0 saturated heterocycles. The molecule has 1 amide bonds. The second-order valence-corrected chi connectivity index (χ2v) is 7.53. The van der Waals surface area contributed by atoms with Crippen LogP contribution in [0.4, 0.5) is 4.39 Å². The van der Waals surface area contributed by atoms with Crippen molar-refractivity contribution in [3.8, 4) is 5.69 Å². The van der Waals surface area contributed by atoms with Crippen LogP contribution < -0.4 is 16.6 Å². The normalized spacial score (nSPS) is 12.2. The zero-order valence-corrected chi connectivity index (χ0v) is 18.2. The minimum Gasteiger partial charge on any atom is -0.383 e. The summed E-state index contributed by atoms with van der Waals surface area (Å²) in [5, 5.41) is 2.79. The van der Waals surface area contributed by atoms with Gasteiger partial charge < -0.3 is 10.1 Å². The summed E-state index contributed by atoms with van der Waals surface area (Å²) < 4.78 is 20.8. The molecule has 31 heavy (non-hydrogen) atoms. The summed E-state index contributed by atoms with van der Waals surface area (Å²) in [6.45, 7) is 4.20. The molecule has 1 unspecified atom stereocenters. The molecule has 7 nitrogen and oxygen atoms in total. The summed E-state index contributed by atoms with van der Waals surface area (Å²) in [5.41, 5.74) is -0.00174. The third-order valence-corrected chi connectivity index (χ3v) is 5.30. The van der Waals surface area contributed by atoms with Crippen LogP contribution in [0.5, 0.6) is 0 Å². The minimum absolute atomic E-state index is 0.119. The van der Waals surface area contributed by atoms with Crippen molar-refractivity contribution >= 4 is 28.4 Å². The number of fused-ring (bicyclic) bond motifs is 1. The van der Waals surface area contributed by atoms with Gasteiger partial charge in [0.25, 0.3) is 5.56 Å². The molecule has 1 N–H and O–H groups in total. The number of aromatic nitrogens is 2. The number of rotatable bonds is 7. The van der Waals surface area contributed by atoms with E-state index in [1.54, 1.807) is 25.1 Å². The van der Waals surface area contributed by atoms with Gasteiger partial charge in [-0.2, -0.15) is 0 Å². The molecule has 164 valence electrons. The third kappa shape index (κ3) is 4.40. The van der Waals surface area contributed by atoms with Crippen LogP contribution in [-0.4, -0.2) is 35.3 Å². The Morgan fingerprint density at radius 3 is 2.61 bits per heavy atom. The highest BCUT2D eigenvalue weighted by Crippen LogP contribution is 2.21. The second-order valence-electron chi connectivity index (χ2n) is 7.12. The molecular weight excluding hydrogens is 425 g/mol. The molecule has 0 aliphatic carbocycles. The van der Waals surface area contributed by atoms with Gasteiger partial charge in [0.15, 0.2) is 0 Å². The van der Waals surface area contributed by atoms with Crippen LogP contribution in [-0.2, 0) is 9.53 Å². The Bertz CT molecular complexity index is 1250. The molecule has 0 spiro atoms. The first-order chi connectivity index (χ1) is 14.8. The summed E-state index contributed by atoms with van der Waals surface area (Å²) in [5.74, 6) is -1.04. The SMILES string of the molecule is CCC(C(=O)NCCOC)n1c(=O)n(-c2ccc(F)c(Cl)c2)c(=O)c2cc(C)ccc21. The van der Waals surface area contributed by atoms with Gasteiger partial charge in [0, 0.05) is 13.7 Å². The fourth-order valence-electron chi connectivity index (χ4n) is 3.48. The van der Waals surface area contributed by atoms with E-state index in [0.717, 1.165) is 16.2 Å². The van der Waals surface area contributed by atoms with Crippen molar-refractivity contribution in [2.45, 2.75) is 26.3 Å². The Labute approximate surface area is 183 Å². The van der Waals surface area contributed by atoms with Gasteiger partial charge in [-0.15, -0.1) is 0 Å². The van der Waals surface area contributed by atoms with E-state index in [9.17, 15) is 18.8 Å². The standard InChI is InChI=1S/C22H23ClFN3O4/c1-4-18(20(28)25-9-10-31-3)27-19-8-5-13(2)11-15(19)21(29)26(22(27)30)14-6-7-17(24)16(23)12-14/h5-8,11-12,18H,4,9-10H2,1-3H3,(H,25,28). The maximum Gasteiger partial charge on any atom is 0.336 e. The molecule has 0 saturated carbocycles. The predicted molar refractivity (Wildman–Crippen MR) is 118 cm³/mol. The van der Waals surface area contributed by atoms with E-state index in [1.165, 1.54) is 23.8 Å². The minimum atomic E-state index is -0.864. The van der Waals surface area contributed by atoms with Crippen LogP contribution in [0.25, 0.3) is 16.6 Å². The lowest BCUT2D eigenvalue weighted by Gasteiger charge is -2.22. The van der Waals surface area contributed by atoms with Crippen LogP contribution >= 0.6 is 11.6 Å². The third-order valence-electron chi connectivity index (χ3n) is 5.01. The Kier molecular flexibility index (Phi) is 6.92. The van der Waals surface area contributed by atoms with Gasteiger partial charge in [-0.25, -0.2) is 13.8 Å². The molecule has 1 aromatic heterocycles. The van der Waals surface area contributed by atoms with E-state index < -0.39 is 23.1 Å². The summed E-state index contributed by atoms with van der Waals surface area (Å²) in [6.07, 6.45) is 0.310. The van der Waals surface area contributed by atoms with Gasteiger partial charge in [0.05, 0.1) is 28.2 Å². The molecule has 2 aromatic carbocycles. The molecule has 3 aromatic rings. The van der Waals surface area contributed by atoms with Gasteiger partial charge in [-0.1, -0.05) is 30.2 Å². The number of carbonyl (C=O) groups is 1.